The van der Waals surface area contributed by atoms with Crippen LogP contribution in [0.2, 0.25) is 0 Å². The van der Waals surface area contributed by atoms with Crippen LogP contribution in [0.5, 0.6) is 5.75 Å². The minimum Gasteiger partial charge on any atom is -0.495 e. The molecule has 2 heterocycles. The molecule has 16 heavy (non-hydrogen) atoms. The molecule has 2 aromatic heterocycles. The van der Waals surface area contributed by atoms with Crippen LogP contribution >= 0.6 is 11.3 Å². The Morgan fingerprint density at radius 2 is 2.19 bits per heavy atom. The van der Waals surface area contributed by atoms with E-state index in [1.54, 1.807) is 26.4 Å². The number of hydrogen-bond donors (Lipinski definition) is 1. The summed E-state index contributed by atoms with van der Waals surface area (Å²) in [5.74, 6) is 0.672. The zero-order valence-electron chi connectivity index (χ0n) is 8.91. The number of rotatable bonds is 3. The van der Waals surface area contributed by atoms with Crippen LogP contribution in [0.4, 0.5) is 0 Å². The van der Waals surface area contributed by atoms with Gasteiger partial charge in [0, 0.05) is 11.8 Å². The standard InChI is InChI=1S/C10H11N3O2S/c1-6(14)9-12-13-10(16-9)7-3-8(15-2)5-11-4-7/h3-6,14H,1-2H3. The van der Waals surface area contributed by atoms with E-state index in [-0.39, 0.29) is 0 Å². The fourth-order valence-corrected chi connectivity index (χ4v) is 1.93. The first kappa shape index (κ1) is 11.0. The van der Waals surface area contributed by atoms with Gasteiger partial charge in [0.25, 0.3) is 0 Å². The van der Waals surface area contributed by atoms with Crippen LogP contribution in [0.3, 0.4) is 0 Å². The maximum atomic E-state index is 9.35. The summed E-state index contributed by atoms with van der Waals surface area (Å²) in [6.45, 7) is 1.66. The van der Waals surface area contributed by atoms with Crippen LogP contribution in [0.1, 0.15) is 18.0 Å². The molecule has 0 saturated heterocycles. The third-order valence-electron chi connectivity index (χ3n) is 1.99. The van der Waals surface area contributed by atoms with Crippen LogP contribution in [0.15, 0.2) is 18.5 Å². The van der Waals surface area contributed by atoms with Gasteiger partial charge in [0.15, 0.2) is 0 Å². The Balaban J connectivity index is 2.34. The van der Waals surface area contributed by atoms with E-state index in [1.165, 1.54) is 11.3 Å². The van der Waals surface area contributed by atoms with Gasteiger partial charge >= 0.3 is 0 Å². The van der Waals surface area contributed by atoms with Crippen LogP contribution in [-0.2, 0) is 0 Å². The Morgan fingerprint density at radius 3 is 2.81 bits per heavy atom. The highest BCUT2D eigenvalue weighted by atomic mass is 32.1. The highest BCUT2D eigenvalue weighted by Crippen LogP contribution is 2.27. The maximum Gasteiger partial charge on any atom is 0.149 e. The summed E-state index contributed by atoms with van der Waals surface area (Å²) >= 11 is 1.35. The molecular formula is C10H11N3O2S. The third-order valence-corrected chi connectivity index (χ3v) is 3.14. The highest BCUT2D eigenvalue weighted by Gasteiger charge is 2.11. The first-order chi connectivity index (χ1) is 7.70. The SMILES string of the molecule is COc1cncc(-c2nnc(C(C)O)s2)c1. The van der Waals surface area contributed by atoms with Crippen molar-refractivity contribution < 1.29 is 9.84 Å². The third kappa shape index (κ3) is 2.17. The van der Waals surface area contributed by atoms with E-state index < -0.39 is 6.10 Å². The number of ether oxygens (including phenoxy) is 1. The summed E-state index contributed by atoms with van der Waals surface area (Å²) in [7, 11) is 1.59. The Morgan fingerprint density at radius 1 is 1.38 bits per heavy atom. The Bertz CT molecular complexity index is 484. The van der Waals surface area contributed by atoms with E-state index >= 15 is 0 Å². The van der Waals surface area contributed by atoms with Gasteiger partial charge in [-0.1, -0.05) is 11.3 Å². The maximum absolute atomic E-state index is 9.35. The van der Waals surface area contributed by atoms with E-state index in [0.29, 0.717) is 10.8 Å². The lowest BCUT2D eigenvalue weighted by Crippen LogP contribution is -1.88. The van der Waals surface area contributed by atoms with Gasteiger partial charge in [-0.3, -0.25) is 4.98 Å². The zero-order valence-corrected chi connectivity index (χ0v) is 9.73. The molecule has 0 bridgehead atoms. The summed E-state index contributed by atoms with van der Waals surface area (Å²) in [6.07, 6.45) is 2.72. The molecule has 2 rings (SSSR count). The van der Waals surface area contributed by atoms with E-state index in [4.69, 9.17) is 4.74 Å². The van der Waals surface area contributed by atoms with Gasteiger partial charge < -0.3 is 9.84 Å². The fourth-order valence-electron chi connectivity index (χ4n) is 1.17. The lowest BCUT2D eigenvalue weighted by Gasteiger charge is -1.99. The summed E-state index contributed by atoms with van der Waals surface area (Å²) in [6, 6.07) is 1.83. The predicted octanol–water partition coefficient (Wildman–Crippen LogP) is 1.66. The van der Waals surface area contributed by atoms with Crippen molar-refractivity contribution in [3.63, 3.8) is 0 Å². The zero-order chi connectivity index (χ0) is 11.5. The molecule has 0 aliphatic rings. The Kier molecular flexibility index (Phi) is 3.12. The lowest BCUT2D eigenvalue weighted by molar-refractivity contribution is 0.198. The van der Waals surface area contributed by atoms with Crippen molar-refractivity contribution in [3.8, 4) is 16.3 Å². The smallest absolute Gasteiger partial charge is 0.149 e. The fraction of sp³-hybridized carbons (Fsp3) is 0.300. The van der Waals surface area contributed by atoms with Crippen molar-refractivity contribution in [1.82, 2.24) is 15.2 Å². The van der Waals surface area contributed by atoms with Crippen molar-refractivity contribution in [3.05, 3.63) is 23.5 Å². The number of hydrogen-bond acceptors (Lipinski definition) is 6. The van der Waals surface area contributed by atoms with Gasteiger partial charge in [-0.15, -0.1) is 10.2 Å². The minimum atomic E-state index is -0.593. The molecule has 5 nitrogen and oxygen atoms in total. The Labute approximate surface area is 96.8 Å². The molecule has 1 N–H and O–H groups in total. The minimum absolute atomic E-state index is 0.593. The van der Waals surface area contributed by atoms with E-state index in [1.807, 2.05) is 6.07 Å². The summed E-state index contributed by atoms with van der Waals surface area (Å²) in [5.41, 5.74) is 0.837. The molecule has 1 unspecified atom stereocenters. The normalized spacial score (nSPS) is 12.4. The summed E-state index contributed by atoms with van der Waals surface area (Å²) in [4.78, 5) is 4.04. The quantitative estimate of drug-likeness (QED) is 0.879. The molecule has 0 saturated carbocycles. The first-order valence-electron chi connectivity index (χ1n) is 4.71. The molecule has 0 fully saturated rings. The molecule has 2 aromatic rings. The van der Waals surface area contributed by atoms with E-state index in [9.17, 15) is 5.11 Å². The molecule has 0 radical (unpaired) electrons. The molecule has 0 aliphatic heterocycles. The second-order valence-corrected chi connectivity index (χ2v) is 4.24. The number of aliphatic hydroxyl groups excluding tert-OH is 1. The van der Waals surface area contributed by atoms with Crippen molar-refractivity contribution in [2.24, 2.45) is 0 Å². The predicted molar refractivity (Wildman–Crippen MR) is 60.3 cm³/mol. The number of aromatic nitrogens is 3. The number of pyridine rings is 1. The van der Waals surface area contributed by atoms with Gasteiger partial charge in [-0.2, -0.15) is 0 Å². The monoisotopic (exact) mass is 237 g/mol. The molecule has 84 valence electrons. The second kappa shape index (κ2) is 4.54. The van der Waals surface area contributed by atoms with Crippen molar-refractivity contribution >= 4 is 11.3 Å². The largest absolute Gasteiger partial charge is 0.495 e. The molecule has 0 spiro atoms. The number of methoxy groups -OCH3 is 1. The van der Waals surface area contributed by atoms with Crippen LogP contribution < -0.4 is 4.74 Å². The topological polar surface area (TPSA) is 68.1 Å². The highest BCUT2D eigenvalue weighted by molar-refractivity contribution is 7.14. The van der Waals surface area contributed by atoms with Crippen LogP contribution in [0.25, 0.3) is 10.6 Å². The summed E-state index contributed by atoms with van der Waals surface area (Å²) < 4.78 is 5.08. The van der Waals surface area contributed by atoms with Crippen molar-refractivity contribution in [2.75, 3.05) is 7.11 Å². The van der Waals surface area contributed by atoms with Crippen LogP contribution in [0, 0.1) is 0 Å². The van der Waals surface area contributed by atoms with Crippen LogP contribution in [-0.4, -0.2) is 27.4 Å². The van der Waals surface area contributed by atoms with Gasteiger partial charge in [0.2, 0.25) is 0 Å². The van der Waals surface area contributed by atoms with E-state index in [2.05, 4.69) is 15.2 Å². The molecule has 0 amide bonds. The van der Waals surface area contributed by atoms with Crippen molar-refractivity contribution in [2.45, 2.75) is 13.0 Å². The second-order valence-electron chi connectivity index (χ2n) is 3.23. The average molecular weight is 237 g/mol. The molecule has 1 atom stereocenters. The average Bonchev–Trinajstić information content (AvgIpc) is 2.78. The molecule has 0 aromatic carbocycles. The number of nitrogens with zero attached hydrogens (tertiary/aromatic N) is 3. The first-order valence-corrected chi connectivity index (χ1v) is 5.53. The lowest BCUT2D eigenvalue weighted by atomic mass is 10.3. The molecule has 0 aliphatic carbocycles. The summed E-state index contributed by atoms with van der Waals surface area (Å²) in [5, 5.41) is 18.6. The van der Waals surface area contributed by atoms with Crippen molar-refractivity contribution in [1.29, 1.82) is 0 Å². The van der Waals surface area contributed by atoms with E-state index in [0.717, 1.165) is 10.6 Å². The molecule has 6 heteroatoms. The van der Waals surface area contributed by atoms with Gasteiger partial charge in [0.05, 0.1) is 13.3 Å². The van der Waals surface area contributed by atoms with Gasteiger partial charge in [-0.05, 0) is 13.0 Å². The Hall–Kier alpha value is -1.53. The number of aliphatic hydroxyl groups is 1. The van der Waals surface area contributed by atoms with Gasteiger partial charge in [-0.25, -0.2) is 0 Å². The molecular weight excluding hydrogens is 226 g/mol. The van der Waals surface area contributed by atoms with Gasteiger partial charge in [0.1, 0.15) is 21.9 Å².